The highest BCUT2D eigenvalue weighted by molar-refractivity contribution is 6.42. The lowest BCUT2D eigenvalue weighted by Crippen LogP contribution is -2.40. The summed E-state index contributed by atoms with van der Waals surface area (Å²) >= 11 is 11.7. The number of nitrogens with one attached hydrogen (secondary N) is 2. The molecule has 118 valence electrons. The molecule has 2 N–H and O–H groups in total. The number of rotatable bonds is 9. The minimum Gasteiger partial charge on any atom is -0.481 e. The van der Waals surface area contributed by atoms with E-state index in [4.69, 9.17) is 32.7 Å². The second kappa shape index (κ2) is 9.84. The van der Waals surface area contributed by atoms with E-state index in [1.165, 1.54) is 0 Å². The number of benzene rings is 1. The maximum Gasteiger partial charge on any atom is 0.260 e. The van der Waals surface area contributed by atoms with Gasteiger partial charge in [0.25, 0.3) is 5.91 Å². The average molecular weight is 335 g/mol. The molecule has 0 aliphatic carbocycles. The first-order valence-electron chi connectivity index (χ1n) is 6.63. The fraction of sp³-hybridized carbons (Fsp3) is 0.500. The SMILES string of the molecule is COCCNCCNC(=O)C(C)Oc1ccc(Cl)c(Cl)c1. The van der Waals surface area contributed by atoms with Crippen LogP contribution in [0.4, 0.5) is 0 Å². The number of amides is 1. The van der Waals surface area contributed by atoms with E-state index in [1.807, 2.05) is 0 Å². The molecule has 7 heteroatoms. The molecule has 1 rings (SSSR count). The van der Waals surface area contributed by atoms with Crippen LogP contribution in [-0.4, -0.2) is 45.4 Å². The molecule has 0 saturated heterocycles. The van der Waals surface area contributed by atoms with Crippen molar-refractivity contribution in [2.75, 3.05) is 33.4 Å². The van der Waals surface area contributed by atoms with Crippen LogP contribution in [0, 0.1) is 0 Å². The molecule has 1 aromatic rings. The zero-order valence-corrected chi connectivity index (χ0v) is 13.6. The van der Waals surface area contributed by atoms with Crippen LogP contribution < -0.4 is 15.4 Å². The topological polar surface area (TPSA) is 59.6 Å². The molecule has 1 aromatic carbocycles. The van der Waals surface area contributed by atoms with Crippen LogP contribution >= 0.6 is 23.2 Å². The normalized spacial score (nSPS) is 12.0. The summed E-state index contributed by atoms with van der Waals surface area (Å²) < 4.78 is 10.4. The first-order valence-corrected chi connectivity index (χ1v) is 7.39. The van der Waals surface area contributed by atoms with Crippen molar-refractivity contribution in [1.82, 2.24) is 10.6 Å². The van der Waals surface area contributed by atoms with Crippen LogP contribution in [0.25, 0.3) is 0 Å². The van der Waals surface area contributed by atoms with Crippen molar-refractivity contribution in [2.24, 2.45) is 0 Å². The first kappa shape index (κ1) is 18.0. The standard InChI is InChI=1S/C14H20Cl2N2O3/c1-10(14(19)18-6-5-17-7-8-20-2)21-11-3-4-12(15)13(16)9-11/h3-4,9-10,17H,5-8H2,1-2H3,(H,18,19). The Morgan fingerprint density at radius 3 is 2.67 bits per heavy atom. The Balaban J connectivity index is 2.29. The van der Waals surface area contributed by atoms with Crippen molar-refractivity contribution in [3.8, 4) is 5.75 Å². The minimum absolute atomic E-state index is 0.186. The highest BCUT2D eigenvalue weighted by Crippen LogP contribution is 2.26. The van der Waals surface area contributed by atoms with Gasteiger partial charge >= 0.3 is 0 Å². The molecule has 0 saturated carbocycles. The maximum atomic E-state index is 11.8. The summed E-state index contributed by atoms with van der Waals surface area (Å²) in [6.07, 6.45) is -0.610. The van der Waals surface area contributed by atoms with Crippen molar-refractivity contribution < 1.29 is 14.3 Å². The van der Waals surface area contributed by atoms with Gasteiger partial charge in [0.15, 0.2) is 6.10 Å². The van der Waals surface area contributed by atoms with Crippen LogP contribution in [0.15, 0.2) is 18.2 Å². The van der Waals surface area contributed by atoms with Gasteiger partial charge in [-0.05, 0) is 19.1 Å². The van der Waals surface area contributed by atoms with Crippen LogP contribution in [0.5, 0.6) is 5.75 Å². The van der Waals surface area contributed by atoms with Gasteiger partial charge in [0, 0.05) is 32.8 Å². The van der Waals surface area contributed by atoms with Gasteiger partial charge in [-0.1, -0.05) is 23.2 Å². The summed E-state index contributed by atoms with van der Waals surface area (Å²) in [6, 6.07) is 4.88. The van der Waals surface area contributed by atoms with Gasteiger partial charge < -0.3 is 20.1 Å². The third kappa shape index (κ3) is 7.00. The lowest BCUT2D eigenvalue weighted by Gasteiger charge is -2.15. The van der Waals surface area contributed by atoms with E-state index in [-0.39, 0.29) is 5.91 Å². The Labute approximate surface area is 134 Å². The fourth-order valence-corrected chi connectivity index (χ4v) is 1.81. The Morgan fingerprint density at radius 1 is 1.24 bits per heavy atom. The van der Waals surface area contributed by atoms with Crippen molar-refractivity contribution in [3.05, 3.63) is 28.2 Å². The summed E-state index contributed by atoms with van der Waals surface area (Å²) in [5.41, 5.74) is 0. The Hall–Kier alpha value is -1.01. The summed E-state index contributed by atoms with van der Waals surface area (Å²) in [4.78, 5) is 11.8. The van der Waals surface area contributed by atoms with Gasteiger partial charge in [0.2, 0.25) is 0 Å². The fourth-order valence-electron chi connectivity index (χ4n) is 1.52. The number of carbonyl (C=O) groups is 1. The van der Waals surface area contributed by atoms with Gasteiger partial charge in [-0.25, -0.2) is 0 Å². The molecule has 0 bridgehead atoms. The summed E-state index contributed by atoms with van der Waals surface area (Å²) in [5, 5.41) is 6.75. The predicted molar refractivity (Wildman–Crippen MR) is 84.3 cm³/mol. The minimum atomic E-state index is -0.610. The van der Waals surface area contributed by atoms with E-state index in [2.05, 4.69) is 10.6 Å². The quantitative estimate of drug-likeness (QED) is 0.679. The molecule has 1 unspecified atom stereocenters. The van der Waals surface area contributed by atoms with Crippen LogP contribution in [0.2, 0.25) is 10.0 Å². The van der Waals surface area contributed by atoms with Gasteiger partial charge in [0.05, 0.1) is 16.7 Å². The molecule has 0 radical (unpaired) electrons. The van der Waals surface area contributed by atoms with Crippen LogP contribution in [0.1, 0.15) is 6.92 Å². The van der Waals surface area contributed by atoms with Crippen molar-refractivity contribution in [1.29, 1.82) is 0 Å². The van der Waals surface area contributed by atoms with Gasteiger partial charge in [-0.2, -0.15) is 0 Å². The third-order valence-electron chi connectivity index (χ3n) is 2.66. The number of ether oxygens (including phenoxy) is 2. The first-order chi connectivity index (χ1) is 10.0. The van der Waals surface area contributed by atoms with Gasteiger partial charge in [-0.15, -0.1) is 0 Å². The number of methoxy groups -OCH3 is 1. The van der Waals surface area contributed by atoms with Crippen molar-refractivity contribution in [3.63, 3.8) is 0 Å². The lowest BCUT2D eigenvalue weighted by atomic mass is 10.3. The zero-order chi connectivity index (χ0) is 15.7. The van der Waals surface area contributed by atoms with Crippen molar-refractivity contribution >= 4 is 29.1 Å². The molecule has 5 nitrogen and oxygen atoms in total. The number of hydrogen-bond acceptors (Lipinski definition) is 4. The highest BCUT2D eigenvalue weighted by Gasteiger charge is 2.14. The maximum absolute atomic E-state index is 11.8. The van der Waals surface area contributed by atoms with E-state index < -0.39 is 6.10 Å². The summed E-state index contributed by atoms with van der Waals surface area (Å²) in [5.74, 6) is 0.319. The molecule has 0 spiro atoms. The second-order valence-corrected chi connectivity index (χ2v) is 5.18. The molecule has 0 aromatic heterocycles. The number of hydrogen-bond donors (Lipinski definition) is 2. The highest BCUT2D eigenvalue weighted by atomic mass is 35.5. The molecular formula is C14H20Cl2N2O3. The molecule has 21 heavy (non-hydrogen) atoms. The van der Waals surface area contributed by atoms with E-state index >= 15 is 0 Å². The molecule has 0 aliphatic heterocycles. The molecule has 1 amide bonds. The van der Waals surface area contributed by atoms with Gasteiger partial charge in [0.1, 0.15) is 5.75 Å². The molecule has 0 fully saturated rings. The number of carbonyl (C=O) groups excluding carboxylic acids is 1. The predicted octanol–water partition coefficient (Wildman–Crippen LogP) is 2.11. The van der Waals surface area contributed by atoms with E-state index in [1.54, 1.807) is 32.2 Å². The van der Waals surface area contributed by atoms with Crippen molar-refractivity contribution in [2.45, 2.75) is 13.0 Å². The smallest absolute Gasteiger partial charge is 0.260 e. The Bertz CT molecular complexity index is 458. The molecule has 0 heterocycles. The van der Waals surface area contributed by atoms with Crippen LogP contribution in [-0.2, 0) is 9.53 Å². The summed E-state index contributed by atoms with van der Waals surface area (Å²) in [6.45, 7) is 4.27. The lowest BCUT2D eigenvalue weighted by molar-refractivity contribution is -0.127. The van der Waals surface area contributed by atoms with E-state index in [9.17, 15) is 4.79 Å². The van der Waals surface area contributed by atoms with E-state index in [0.29, 0.717) is 35.5 Å². The zero-order valence-electron chi connectivity index (χ0n) is 12.1. The number of halogens is 2. The van der Waals surface area contributed by atoms with Crippen LogP contribution in [0.3, 0.4) is 0 Å². The Kier molecular flexibility index (Phi) is 8.45. The second-order valence-electron chi connectivity index (χ2n) is 4.37. The largest absolute Gasteiger partial charge is 0.481 e. The Morgan fingerprint density at radius 2 is 2.00 bits per heavy atom. The monoisotopic (exact) mass is 334 g/mol. The van der Waals surface area contributed by atoms with E-state index in [0.717, 1.165) is 6.54 Å². The third-order valence-corrected chi connectivity index (χ3v) is 3.40. The molecule has 0 aliphatic rings. The molecular weight excluding hydrogens is 315 g/mol. The van der Waals surface area contributed by atoms with Gasteiger partial charge in [-0.3, -0.25) is 4.79 Å². The average Bonchev–Trinajstić information content (AvgIpc) is 2.46. The molecule has 1 atom stereocenters. The summed E-state index contributed by atoms with van der Waals surface area (Å²) in [7, 11) is 1.64.